The Morgan fingerprint density at radius 2 is 2.05 bits per heavy atom. The second-order valence-electron chi connectivity index (χ2n) is 4.32. The second kappa shape index (κ2) is 4.94. The third-order valence-corrected chi connectivity index (χ3v) is 2.86. The van der Waals surface area contributed by atoms with Crippen LogP contribution in [-0.4, -0.2) is 52.7 Å². The molecule has 1 unspecified atom stereocenters. The Labute approximate surface area is 109 Å². The van der Waals surface area contributed by atoms with Gasteiger partial charge in [-0.1, -0.05) is 0 Å². The maximum absolute atomic E-state index is 9.27. The Balaban J connectivity index is 1.84. The van der Waals surface area contributed by atoms with E-state index in [-0.39, 0.29) is 13.2 Å². The maximum atomic E-state index is 9.27. The van der Waals surface area contributed by atoms with Crippen molar-refractivity contribution in [1.82, 2.24) is 9.97 Å². The van der Waals surface area contributed by atoms with Crippen LogP contribution in [0.2, 0.25) is 0 Å². The molecule has 1 aromatic heterocycles. The van der Waals surface area contributed by atoms with Crippen molar-refractivity contribution in [1.29, 1.82) is 0 Å². The van der Waals surface area contributed by atoms with Crippen LogP contribution in [0, 0.1) is 0 Å². The Morgan fingerprint density at radius 1 is 1.32 bits per heavy atom. The van der Waals surface area contributed by atoms with E-state index < -0.39 is 6.10 Å². The molecule has 0 aliphatic carbocycles. The Kier molecular flexibility index (Phi) is 3.14. The van der Waals surface area contributed by atoms with Crippen molar-refractivity contribution in [3.05, 3.63) is 12.1 Å². The molecular weight excluding hydrogens is 250 g/mol. The standard InChI is InChI=1S/C12H15N3O4/c16-6-7(17)5-13-12-14-8-3-10-11(4-9(8)15-12)19-2-1-18-10/h3-4,7,16-17H,1-2,5-6H2,(H2,13,14,15). The van der Waals surface area contributed by atoms with Crippen LogP contribution in [0.3, 0.4) is 0 Å². The minimum absolute atomic E-state index is 0.225. The van der Waals surface area contributed by atoms with Gasteiger partial charge in [0.25, 0.3) is 0 Å². The van der Waals surface area contributed by atoms with Gasteiger partial charge in [0.1, 0.15) is 13.2 Å². The first-order chi connectivity index (χ1) is 9.26. The number of nitrogens with zero attached hydrogens (tertiary/aromatic N) is 1. The summed E-state index contributed by atoms with van der Waals surface area (Å²) >= 11 is 0. The number of hydrogen-bond acceptors (Lipinski definition) is 6. The number of ether oxygens (including phenoxy) is 2. The lowest BCUT2D eigenvalue weighted by atomic mass is 10.2. The van der Waals surface area contributed by atoms with Crippen molar-refractivity contribution in [2.24, 2.45) is 0 Å². The third-order valence-electron chi connectivity index (χ3n) is 2.86. The molecule has 7 heteroatoms. The fraction of sp³-hybridized carbons (Fsp3) is 0.417. The first-order valence-electron chi connectivity index (χ1n) is 6.08. The summed E-state index contributed by atoms with van der Waals surface area (Å²) in [7, 11) is 0. The summed E-state index contributed by atoms with van der Waals surface area (Å²) < 4.78 is 11.0. The third kappa shape index (κ3) is 2.42. The largest absolute Gasteiger partial charge is 0.486 e. The van der Waals surface area contributed by atoms with E-state index in [2.05, 4.69) is 15.3 Å². The summed E-state index contributed by atoms with van der Waals surface area (Å²) in [6.45, 7) is 1.02. The Hall–Kier alpha value is -1.99. The normalized spacial score (nSPS) is 15.5. The summed E-state index contributed by atoms with van der Waals surface area (Å²) in [4.78, 5) is 7.41. The first kappa shape index (κ1) is 12.1. The van der Waals surface area contributed by atoms with Gasteiger partial charge in [0.05, 0.1) is 23.7 Å². The van der Waals surface area contributed by atoms with E-state index in [0.29, 0.717) is 30.7 Å². The molecular formula is C12H15N3O4. The molecule has 2 heterocycles. The predicted molar refractivity (Wildman–Crippen MR) is 68.7 cm³/mol. The van der Waals surface area contributed by atoms with Gasteiger partial charge in [0, 0.05) is 18.7 Å². The summed E-state index contributed by atoms with van der Waals surface area (Å²) in [6, 6.07) is 3.65. The zero-order valence-corrected chi connectivity index (χ0v) is 10.2. The zero-order chi connectivity index (χ0) is 13.2. The summed E-state index contributed by atoms with van der Waals surface area (Å²) in [5.41, 5.74) is 1.58. The van der Waals surface area contributed by atoms with Gasteiger partial charge in [-0.2, -0.15) is 0 Å². The van der Waals surface area contributed by atoms with Crippen molar-refractivity contribution in [3.8, 4) is 11.5 Å². The lowest BCUT2D eigenvalue weighted by Crippen LogP contribution is -2.23. The van der Waals surface area contributed by atoms with Crippen LogP contribution in [0.5, 0.6) is 11.5 Å². The van der Waals surface area contributed by atoms with Crippen molar-refractivity contribution in [3.63, 3.8) is 0 Å². The average molecular weight is 265 g/mol. The smallest absolute Gasteiger partial charge is 0.201 e. The number of imidazole rings is 1. The number of aliphatic hydroxyl groups excluding tert-OH is 2. The molecule has 0 saturated carbocycles. The van der Waals surface area contributed by atoms with Crippen LogP contribution in [0.1, 0.15) is 0 Å². The fourth-order valence-corrected chi connectivity index (χ4v) is 1.91. The molecule has 7 nitrogen and oxygen atoms in total. The van der Waals surface area contributed by atoms with Gasteiger partial charge in [-0.3, -0.25) is 0 Å². The van der Waals surface area contributed by atoms with Gasteiger partial charge >= 0.3 is 0 Å². The molecule has 1 aliphatic rings. The minimum atomic E-state index is -0.812. The quantitative estimate of drug-likeness (QED) is 0.625. The van der Waals surface area contributed by atoms with Crippen LogP contribution in [0.4, 0.5) is 5.95 Å². The van der Waals surface area contributed by atoms with Gasteiger partial charge in [-0.15, -0.1) is 0 Å². The van der Waals surface area contributed by atoms with Crippen LogP contribution >= 0.6 is 0 Å². The summed E-state index contributed by atoms with van der Waals surface area (Å²) in [6.07, 6.45) is -0.812. The van der Waals surface area contributed by atoms with Crippen LogP contribution < -0.4 is 14.8 Å². The number of aromatic nitrogens is 2. The first-order valence-corrected chi connectivity index (χ1v) is 6.08. The number of benzene rings is 1. The molecule has 19 heavy (non-hydrogen) atoms. The Morgan fingerprint density at radius 3 is 2.79 bits per heavy atom. The Bertz CT molecular complexity index is 541. The zero-order valence-electron chi connectivity index (χ0n) is 10.2. The van der Waals surface area contributed by atoms with Gasteiger partial charge < -0.3 is 30.0 Å². The number of fused-ring (bicyclic) bond motifs is 2. The molecule has 102 valence electrons. The van der Waals surface area contributed by atoms with Crippen molar-refractivity contribution in [2.45, 2.75) is 6.10 Å². The average Bonchev–Trinajstić information content (AvgIpc) is 2.83. The number of rotatable bonds is 4. The van der Waals surface area contributed by atoms with Crippen LogP contribution in [0.15, 0.2) is 12.1 Å². The molecule has 4 N–H and O–H groups in total. The van der Waals surface area contributed by atoms with E-state index in [4.69, 9.17) is 14.6 Å². The van der Waals surface area contributed by atoms with Crippen LogP contribution in [-0.2, 0) is 0 Å². The van der Waals surface area contributed by atoms with Gasteiger partial charge in [-0.05, 0) is 0 Å². The monoisotopic (exact) mass is 265 g/mol. The number of anilines is 1. The van der Waals surface area contributed by atoms with Crippen molar-refractivity contribution >= 4 is 17.0 Å². The van der Waals surface area contributed by atoms with Gasteiger partial charge in [0.15, 0.2) is 11.5 Å². The molecule has 1 atom stereocenters. The highest BCUT2D eigenvalue weighted by Crippen LogP contribution is 2.34. The van der Waals surface area contributed by atoms with Crippen molar-refractivity contribution < 1.29 is 19.7 Å². The molecule has 0 spiro atoms. The van der Waals surface area contributed by atoms with Gasteiger partial charge in [-0.25, -0.2) is 4.98 Å². The fourth-order valence-electron chi connectivity index (χ4n) is 1.91. The number of aliphatic hydroxyl groups is 2. The molecule has 0 saturated heterocycles. The van der Waals surface area contributed by atoms with Gasteiger partial charge in [0.2, 0.25) is 5.95 Å². The molecule has 0 fully saturated rings. The van der Waals surface area contributed by atoms with E-state index >= 15 is 0 Å². The van der Waals surface area contributed by atoms with E-state index in [1.165, 1.54) is 0 Å². The molecule has 3 rings (SSSR count). The van der Waals surface area contributed by atoms with E-state index in [1.54, 1.807) is 0 Å². The molecule has 0 amide bonds. The van der Waals surface area contributed by atoms with E-state index in [9.17, 15) is 5.11 Å². The highest BCUT2D eigenvalue weighted by atomic mass is 16.6. The highest BCUT2D eigenvalue weighted by Gasteiger charge is 2.15. The molecule has 1 aliphatic heterocycles. The molecule has 0 bridgehead atoms. The van der Waals surface area contributed by atoms with E-state index in [1.807, 2.05) is 12.1 Å². The maximum Gasteiger partial charge on any atom is 0.201 e. The summed E-state index contributed by atoms with van der Waals surface area (Å²) in [5.74, 6) is 1.92. The topological polar surface area (TPSA) is 99.6 Å². The highest BCUT2D eigenvalue weighted by molar-refractivity contribution is 5.81. The number of H-pyrrole nitrogens is 1. The van der Waals surface area contributed by atoms with Crippen LogP contribution in [0.25, 0.3) is 11.0 Å². The lowest BCUT2D eigenvalue weighted by molar-refractivity contribution is 0.105. The predicted octanol–water partition coefficient (Wildman–Crippen LogP) is 0.0992. The number of nitrogens with one attached hydrogen (secondary N) is 2. The summed E-state index contributed by atoms with van der Waals surface area (Å²) in [5, 5.41) is 20.9. The molecule has 1 aromatic carbocycles. The van der Waals surface area contributed by atoms with Crippen molar-refractivity contribution in [2.75, 3.05) is 31.7 Å². The molecule has 2 aromatic rings. The SMILES string of the molecule is OCC(O)CNc1nc2cc3c(cc2[nH]1)OCCO3. The lowest BCUT2D eigenvalue weighted by Gasteiger charge is -2.17. The minimum Gasteiger partial charge on any atom is -0.486 e. The number of aromatic amines is 1. The molecule has 0 radical (unpaired) electrons. The second-order valence-corrected chi connectivity index (χ2v) is 4.32. The van der Waals surface area contributed by atoms with E-state index in [0.717, 1.165) is 11.0 Å². The number of hydrogen-bond donors (Lipinski definition) is 4.